The molecule has 0 spiro atoms. The molecule has 2 aliphatic rings. The molecule has 2 rings (SSSR count). The lowest BCUT2D eigenvalue weighted by atomic mass is 10.1. The first kappa shape index (κ1) is 11.7. The summed E-state index contributed by atoms with van der Waals surface area (Å²) < 4.78 is 10.9. The van der Waals surface area contributed by atoms with Gasteiger partial charge in [-0.1, -0.05) is 0 Å². The van der Waals surface area contributed by atoms with E-state index in [0.717, 1.165) is 13.1 Å². The molecule has 0 aliphatic carbocycles. The molecule has 0 unspecified atom stereocenters. The van der Waals surface area contributed by atoms with Gasteiger partial charge in [0.2, 0.25) is 0 Å². The van der Waals surface area contributed by atoms with Crippen molar-refractivity contribution in [3.63, 3.8) is 0 Å². The van der Waals surface area contributed by atoms with Gasteiger partial charge in [0.05, 0.1) is 25.3 Å². The molecule has 0 saturated carbocycles. The minimum absolute atomic E-state index is 0.113. The molecule has 0 aromatic rings. The summed E-state index contributed by atoms with van der Waals surface area (Å²) >= 11 is 0. The van der Waals surface area contributed by atoms with Crippen molar-refractivity contribution in [2.24, 2.45) is 0 Å². The highest BCUT2D eigenvalue weighted by Gasteiger charge is 2.39. The van der Waals surface area contributed by atoms with Crippen LogP contribution in [0.3, 0.4) is 0 Å². The molecule has 2 bridgehead atoms. The Balaban J connectivity index is 2.04. The van der Waals surface area contributed by atoms with E-state index >= 15 is 0 Å². The number of morpholine rings is 1. The normalized spacial score (nSPS) is 30.1. The van der Waals surface area contributed by atoms with Gasteiger partial charge in [0, 0.05) is 13.1 Å². The van der Waals surface area contributed by atoms with Crippen LogP contribution in [0.5, 0.6) is 0 Å². The fraction of sp³-hybridized carbons (Fsp3) is 0.909. The number of ether oxygens (including phenoxy) is 2. The zero-order valence-corrected chi connectivity index (χ0v) is 10.2. The van der Waals surface area contributed by atoms with Crippen molar-refractivity contribution >= 4 is 6.09 Å². The number of fused-ring (bicyclic) bond motifs is 2. The van der Waals surface area contributed by atoms with E-state index in [1.54, 1.807) is 0 Å². The molecule has 5 heteroatoms. The van der Waals surface area contributed by atoms with Crippen LogP contribution in [0, 0.1) is 0 Å². The molecule has 2 fully saturated rings. The first-order valence-corrected chi connectivity index (χ1v) is 5.77. The van der Waals surface area contributed by atoms with Gasteiger partial charge in [0.1, 0.15) is 5.60 Å². The van der Waals surface area contributed by atoms with E-state index in [9.17, 15) is 4.79 Å². The highest BCUT2D eigenvalue weighted by Crippen LogP contribution is 2.20. The van der Waals surface area contributed by atoms with Crippen LogP contribution in [0.2, 0.25) is 0 Å². The van der Waals surface area contributed by atoms with E-state index in [1.165, 1.54) is 0 Å². The average Bonchev–Trinajstić information content (AvgIpc) is 2.13. The molecule has 0 aromatic heterocycles. The second-order valence-electron chi connectivity index (χ2n) is 5.39. The molecule has 2 aliphatic heterocycles. The van der Waals surface area contributed by atoms with Gasteiger partial charge in [0.25, 0.3) is 0 Å². The van der Waals surface area contributed by atoms with Gasteiger partial charge in [-0.25, -0.2) is 4.79 Å². The van der Waals surface area contributed by atoms with E-state index in [1.807, 2.05) is 25.7 Å². The van der Waals surface area contributed by atoms with Crippen LogP contribution in [-0.2, 0) is 9.47 Å². The Bertz CT molecular complexity index is 253. The smallest absolute Gasteiger partial charge is 0.411 e. The van der Waals surface area contributed by atoms with Gasteiger partial charge in [-0.15, -0.1) is 0 Å². The number of carbonyl (C=O) groups excluding carboxylic acids is 1. The van der Waals surface area contributed by atoms with Crippen LogP contribution < -0.4 is 5.32 Å². The van der Waals surface area contributed by atoms with Crippen molar-refractivity contribution in [3.05, 3.63) is 0 Å². The molecule has 2 heterocycles. The molecule has 2 saturated heterocycles. The zero-order valence-electron chi connectivity index (χ0n) is 10.2. The summed E-state index contributed by atoms with van der Waals surface area (Å²) in [7, 11) is 0. The minimum atomic E-state index is -0.433. The predicted molar refractivity (Wildman–Crippen MR) is 59.3 cm³/mol. The molecular formula is C11H20N2O3. The lowest BCUT2D eigenvalue weighted by Crippen LogP contribution is -2.65. The molecule has 1 N–H and O–H groups in total. The molecule has 0 aromatic carbocycles. The second kappa shape index (κ2) is 4.22. The molecule has 16 heavy (non-hydrogen) atoms. The highest BCUT2D eigenvalue weighted by atomic mass is 16.6. The SMILES string of the molecule is CC(C)(C)OC(=O)N1[C@@H]2CNC[C@H]1COC2. The largest absolute Gasteiger partial charge is 0.444 e. The molecular weight excluding hydrogens is 208 g/mol. The van der Waals surface area contributed by atoms with Crippen LogP contribution in [0.4, 0.5) is 4.79 Å². The Morgan fingerprint density at radius 3 is 2.38 bits per heavy atom. The molecule has 5 nitrogen and oxygen atoms in total. The van der Waals surface area contributed by atoms with E-state index < -0.39 is 5.60 Å². The fourth-order valence-corrected chi connectivity index (χ4v) is 2.14. The summed E-state index contributed by atoms with van der Waals surface area (Å²) in [6.45, 7) is 8.44. The van der Waals surface area contributed by atoms with Gasteiger partial charge in [-0.3, -0.25) is 4.90 Å². The number of hydrogen-bond donors (Lipinski definition) is 1. The van der Waals surface area contributed by atoms with Crippen molar-refractivity contribution < 1.29 is 14.3 Å². The summed E-state index contributed by atoms with van der Waals surface area (Å²) in [6, 6.07) is 0.227. The quantitative estimate of drug-likeness (QED) is 0.659. The van der Waals surface area contributed by atoms with E-state index in [-0.39, 0.29) is 18.2 Å². The molecule has 0 radical (unpaired) electrons. The Labute approximate surface area is 96.1 Å². The number of rotatable bonds is 0. The third-order valence-electron chi connectivity index (χ3n) is 2.77. The average molecular weight is 228 g/mol. The highest BCUT2D eigenvalue weighted by molar-refractivity contribution is 5.69. The van der Waals surface area contributed by atoms with Crippen LogP contribution in [0.1, 0.15) is 20.8 Å². The fourth-order valence-electron chi connectivity index (χ4n) is 2.14. The molecule has 92 valence electrons. The van der Waals surface area contributed by atoms with Crippen molar-refractivity contribution in [1.82, 2.24) is 10.2 Å². The van der Waals surface area contributed by atoms with Gasteiger partial charge in [-0.2, -0.15) is 0 Å². The molecule has 1 amide bonds. The lowest BCUT2D eigenvalue weighted by molar-refractivity contribution is -0.0717. The Morgan fingerprint density at radius 1 is 1.31 bits per heavy atom. The zero-order chi connectivity index (χ0) is 11.8. The van der Waals surface area contributed by atoms with Crippen LogP contribution in [0.15, 0.2) is 0 Å². The van der Waals surface area contributed by atoms with E-state index in [4.69, 9.17) is 9.47 Å². The number of amides is 1. The van der Waals surface area contributed by atoms with Crippen LogP contribution in [-0.4, -0.2) is 55.0 Å². The van der Waals surface area contributed by atoms with Gasteiger partial charge >= 0.3 is 6.09 Å². The second-order valence-corrected chi connectivity index (χ2v) is 5.39. The number of carbonyl (C=O) groups is 1. The monoisotopic (exact) mass is 228 g/mol. The Morgan fingerprint density at radius 2 is 1.88 bits per heavy atom. The number of nitrogens with zero attached hydrogens (tertiary/aromatic N) is 1. The number of piperazine rings is 1. The lowest BCUT2D eigenvalue weighted by Gasteiger charge is -2.45. The maximum absolute atomic E-state index is 12.0. The minimum Gasteiger partial charge on any atom is -0.444 e. The Hall–Kier alpha value is -0.810. The van der Waals surface area contributed by atoms with Gasteiger partial charge in [-0.05, 0) is 20.8 Å². The van der Waals surface area contributed by atoms with Crippen molar-refractivity contribution in [1.29, 1.82) is 0 Å². The summed E-state index contributed by atoms with van der Waals surface area (Å²) in [5.74, 6) is 0. The standard InChI is InChI=1S/C11H20N2O3/c1-11(2,3)16-10(14)13-8-4-12-5-9(13)7-15-6-8/h8-9,12H,4-7H2,1-3H3/t8-,9+. The third-order valence-corrected chi connectivity index (χ3v) is 2.77. The molecule has 2 atom stereocenters. The van der Waals surface area contributed by atoms with Crippen molar-refractivity contribution in [2.45, 2.75) is 38.5 Å². The maximum Gasteiger partial charge on any atom is 0.411 e. The van der Waals surface area contributed by atoms with Gasteiger partial charge < -0.3 is 14.8 Å². The summed E-state index contributed by atoms with van der Waals surface area (Å²) in [5.41, 5.74) is -0.433. The van der Waals surface area contributed by atoms with Crippen molar-refractivity contribution in [2.75, 3.05) is 26.3 Å². The van der Waals surface area contributed by atoms with Gasteiger partial charge in [0.15, 0.2) is 0 Å². The number of nitrogens with one attached hydrogen (secondary N) is 1. The summed E-state index contributed by atoms with van der Waals surface area (Å²) in [5, 5.41) is 3.31. The van der Waals surface area contributed by atoms with E-state index in [2.05, 4.69) is 5.32 Å². The first-order valence-electron chi connectivity index (χ1n) is 5.77. The van der Waals surface area contributed by atoms with Crippen LogP contribution >= 0.6 is 0 Å². The summed E-state index contributed by atoms with van der Waals surface area (Å²) in [6.07, 6.45) is -0.215. The first-order chi connectivity index (χ1) is 7.47. The predicted octanol–water partition coefficient (Wildman–Crippen LogP) is 0.594. The van der Waals surface area contributed by atoms with Crippen LogP contribution in [0.25, 0.3) is 0 Å². The summed E-state index contributed by atoms with van der Waals surface area (Å²) in [4.78, 5) is 13.9. The third kappa shape index (κ3) is 2.47. The number of hydrogen-bond acceptors (Lipinski definition) is 4. The topological polar surface area (TPSA) is 50.8 Å². The maximum atomic E-state index is 12.0. The van der Waals surface area contributed by atoms with Crippen molar-refractivity contribution in [3.8, 4) is 0 Å². The Kier molecular flexibility index (Phi) is 3.08. The van der Waals surface area contributed by atoms with E-state index in [0.29, 0.717) is 13.2 Å².